The predicted molar refractivity (Wildman–Crippen MR) is 89.1 cm³/mol. The minimum atomic E-state index is -0.526. The molecule has 2 fully saturated rings. The topological polar surface area (TPSA) is 49.9 Å². The van der Waals surface area contributed by atoms with Gasteiger partial charge in [-0.1, -0.05) is 0 Å². The van der Waals surface area contributed by atoms with E-state index in [1.54, 1.807) is 4.90 Å². The Balaban J connectivity index is 2.04. The molecule has 0 N–H and O–H groups in total. The molecule has 0 aromatic carbocycles. The van der Waals surface area contributed by atoms with Crippen molar-refractivity contribution in [2.75, 3.05) is 31.1 Å². The molecule has 2 aliphatic rings. The Kier molecular flexibility index (Phi) is 6.01. The minimum absolute atomic E-state index is 0.105. The summed E-state index contributed by atoms with van der Waals surface area (Å²) in [6.45, 7) is 7.80. The van der Waals surface area contributed by atoms with Gasteiger partial charge in [0, 0.05) is 25.4 Å². The third-order valence-electron chi connectivity index (χ3n) is 3.95. The molecule has 1 atom stereocenters. The van der Waals surface area contributed by atoms with Crippen molar-refractivity contribution in [3.8, 4) is 0 Å². The molecule has 0 spiro atoms. The molecule has 0 radical (unpaired) electrons. The molecule has 0 bridgehead atoms. The molecule has 0 aliphatic carbocycles. The first kappa shape index (κ1) is 17.4. The fourth-order valence-corrected chi connectivity index (χ4v) is 3.79. The van der Waals surface area contributed by atoms with Gasteiger partial charge in [-0.15, -0.1) is 0 Å². The highest BCUT2D eigenvalue weighted by Gasteiger charge is 2.36. The lowest BCUT2D eigenvalue weighted by Gasteiger charge is -2.38. The number of carbonyl (C=O) groups is 2. The van der Waals surface area contributed by atoms with Crippen molar-refractivity contribution < 1.29 is 14.3 Å². The quantitative estimate of drug-likeness (QED) is 0.743. The number of carbonyl (C=O) groups excluding carboxylic acids is 2. The van der Waals surface area contributed by atoms with Crippen molar-refractivity contribution in [1.29, 1.82) is 0 Å². The number of hydrogen-bond acceptors (Lipinski definition) is 4. The van der Waals surface area contributed by atoms with Gasteiger partial charge in [-0.25, -0.2) is 4.79 Å². The Bertz CT molecular complexity index is 401. The maximum Gasteiger partial charge on any atom is 0.410 e. The van der Waals surface area contributed by atoms with Gasteiger partial charge in [0.2, 0.25) is 5.91 Å². The van der Waals surface area contributed by atoms with Crippen LogP contribution in [0.5, 0.6) is 0 Å². The van der Waals surface area contributed by atoms with Crippen LogP contribution < -0.4 is 0 Å². The van der Waals surface area contributed by atoms with E-state index in [2.05, 4.69) is 0 Å². The lowest BCUT2D eigenvalue weighted by atomic mass is 10.0. The first-order chi connectivity index (χ1) is 10.4. The Morgan fingerprint density at radius 1 is 1.05 bits per heavy atom. The van der Waals surface area contributed by atoms with Crippen LogP contribution in [0.1, 0.15) is 46.5 Å². The lowest BCUT2D eigenvalue weighted by Crippen LogP contribution is -2.54. The summed E-state index contributed by atoms with van der Waals surface area (Å²) in [5, 5.41) is 0. The summed E-state index contributed by atoms with van der Waals surface area (Å²) in [6, 6.07) is -0.341. The first-order valence-corrected chi connectivity index (χ1v) is 9.40. The fraction of sp³-hybridized carbons (Fsp3) is 0.875. The molecule has 22 heavy (non-hydrogen) atoms. The summed E-state index contributed by atoms with van der Waals surface area (Å²) in [5.74, 6) is 2.21. The summed E-state index contributed by atoms with van der Waals surface area (Å²) in [7, 11) is 0. The molecule has 2 amide bonds. The average molecular weight is 328 g/mol. The maximum atomic E-state index is 12.9. The van der Waals surface area contributed by atoms with Gasteiger partial charge in [0.25, 0.3) is 0 Å². The minimum Gasteiger partial charge on any atom is -0.444 e. The van der Waals surface area contributed by atoms with E-state index in [0.29, 0.717) is 6.54 Å². The molecule has 0 aromatic heterocycles. The second-order valence-electron chi connectivity index (χ2n) is 6.98. The maximum absolute atomic E-state index is 12.9. The van der Waals surface area contributed by atoms with Crippen molar-refractivity contribution in [3.63, 3.8) is 0 Å². The second kappa shape index (κ2) is 7.57. The standard InChI is InChI=1S/C16H28N2O3S/c1-16(2,3)21-15(20)18-9-5-4-7-13(18)14(19)17-8-6-11-22-12-10-17/h13H,4-12H2,1-3H3/t13-/m1/s1. The molecule has 126 valence electrons. The number of piperidine rings is 1. The SMILES string of the molecule is CC(C)(C)OC(=O)N1CCCC[C@@H]1C(=O)N1CCCSCC1. The van der Waals surface area contributed by atoms with Crippen molar-refractivity contribution in [2.45, 2.75) is 58.1 Å². The van der Waals surface area contributed by atoms with Crippen LogP contribution in [0.2, 0.25) is 0 Å². The van der Waals surface area contributed by atoms with Crippen LogP contribution in [0, 0.1) is 0 Å². The zero-order chi connectivity index (χ0) is 16.2. The molecule has 5 nitrogen and oxygen atoms in total. The zero-order valence-corrected chi connectivity index (χ0v) is 14.8. The van der Waals surface area contributed by atoms with Crippen LogP contribution in [-0.2, 0) is 9.53 Å². The van der Waals surface area contributed by atoms with Gasteiger partial charge < -0.3 is 9.64 Å². The predicted octanol–water partition coefficient (Wildman–Crippen LogP) is 2.74. The van der Waals surface area contributed by atoms with E-state index in [1.165, 1.54) is 0 Å². The van der Waals surface area contributed by atoms with Gasteiger partial charge in [-0.2, -0.15) is 11.8 Å². The molecule has 2 aliphatic heterocycles. The Hall–Kier alpha value is -0.910. The zero-order valence-electron chi connectivity index (χ0n) is 14.0. The van der Waals surface area contributed by atoms with E-state index < -0.39 is 5.60 Å². The Morgan fingerprint density at radius 3 is 2.55 bits per heavy atom. The number of nitrogens with zero attached hydrogens (tertiary/aromatic N) is 2. The number of hydrogen-bond donors (Lipinski definition) is 0. The van der Waals surface area contributed by atoms with E-state index in [0.717, 1.165) is 50.3 Å². The number of ether oxygens (including phenoxy) is 1. The summed E-state index contributed by atoms with van der Waals surface area (Å²) < 4.78 is 5.48. The van der Waals surface area contributed by atoms with Crippen molar-refractivity contribution >= 4 is 23.8 Å². The molecular formula is C16H28N2O3S. The van der Waals surface area contributed by atoms with Gasteiger partial charge in [0.1, 0.15) is 11.6 Å². The van der Waals surface area contributed by atoms with Crippen LogP contribution >= 0.6 is 11.8 Å². The summed E-state index contributed by atoms with van der Waals surface area (Å²) in [6.07, 6.45) is 3.38. The molecular weight excluding hydrogens is 300 g/mol. The van der Waals surface area contributed by atoms with Crippen LogP contribution in [0.4, 0.5) is 4.79 Å². The van der Waals surface area contributed by atoms with Crippen molar-refractivity contribution in [2.24, 2.45) is 0 Å². The van der Waals surface area contributed by atoms with Gasteiger partial charge >= 0.3 is 6.09 Å². The third kappa shape index (κ3) is 4.80. The van der Waals surface area contributed by atoms with E-state index in [4.69, 9.17) is 4.74 Å². The third-order valence-corrected chi connectivity index (χ3v) is 5.00. The van der Waals surface area contributed by atoms with Crippen LogP contribution in [0.15, 0.2) is 0 Å². The van der Waals surface area contributed by atoms with Gasteiger partial charge in [-0.05, 0) is 52.2 Å². The summed E-state index contributed by atoms with van der Waals surface area (Å²) >= 11 is 1.90. The normalized spacial score (nSPS) is 23.9. The highest BCUT2D eigenvalue weighted by Crippen LogP contribution is 2.23. The molecule has 0 unspecified atom stereocenters. The number of likely N-dealkylation sites (tertiary alicyclic amines) is 1. The van der Waals surface area contributed by atoms with Gasteiger partial charge in [-0.3, -0.25) is 9.69 Å². The second-order valence-corrected chi connectivity index (χ2v) is 8.20. The molecule has 0 aromatic rings. The number of thioether (sulfide) groups is 1. The molecule has 2 rings (SSSR count). The number of rotatable bonds is 1. The van der Waals surface area contributed by atoms with Gasteiger partial charge in [0.15, 0.2) is 0 Å². The van der Waals surface area contributed by atoms with Crippen molar-refractivity contribution in [1.82, 2.24) is 9.80 Å². The molecule has 2 saturated heterocycles. The number of amides is 2. The van der Waals surface area contributed by atoms with E-state index in [-0.39, 0.29) is 18.0 Å². The molecule has 2 heterocycles. The summed E-state index contributed by atoms with van der Waals surface area (Å²) in [5.41, 5.74) is -0.526. The van der Waals surface area contributed by atoms with E-state index in [1.807, 2.05) is 37.4 Å². The Labute approximate surface area is 137 Å². The van der Waals surface area contributed by atoms with E-state index in [9.17, 15) is 9.59 Å². The largest absolute Gasteiger partial charge is 0.444 e. The monoisotopic (exact) mass is 328 g/mol. The Morgan fingerprint density at radius 2 is 1.82 bits per heavy atom. The highest BCUT2D eigenvalue weighted by molar-refractivity contribution is 7.99. The average Bonchev–Trinajstić information content (AvgIpc) is 2.74. The molecule has 6 heteroatoms. The van der Waals surface area contributed by atoms with E-state index >= 15 is 0 Å². The fourth-order valence-electron chi connectivity index (χ4n) is 2.90. The van der Waals surface area contributed by atoms with Crippen LogP contribution in [-0.4, -0.2) is 64.6 Å². The smallest absolute Gasteiger partial charge is 0.410 e. The van der Waals surface area contributed by atoms with Crippen LogP contribution in [0.25, 0.3) is 0 Å². The first-order valence-electron chi connectivity index (χ1n) is 8.24. The highest BCUT2D eigenvalue weighted by atomic mass is 32.2. The lowest BCUT2D eigenvalue weighted by molar-refractivity contribution is -0.137. The van der Waals surface area contributed by atoms with Gasteiger partial charge in [0.05, 0.1) is 0 Å². The molecule has 0 saturated carbocycles. The summed E-state index contributed by atoms with van der Waals surface area (Å²) in [4.78, 5) is 28.8. The van der Waals surface area contributed by atoms with Crippen LogP contribution in [0.3, 0.4) is 0 Å². The van der Waals surface area contributed by atoms with Crippen molar-refractivity contribution in [3.05, 3.63) is 0 Å².